The highest BCUT2D eigenvalue weighted by atomic mass is 35.5. The Kier molecular flexibility index (Phi) is 6.06. The van der Waals surface area contributed by atoms with Gasteiger partial charge in [0.05, 0.1) is 31.5 Å². The largest absolute Gasteiger partial charge is 0.488 e. The summed E-state index contributed by atoms with van der Waals surface area (Å²) in [6, 6.07) is 6.27. The molecule has 4 rings (SSSR count). The van der Waals surface area contributed by atoms with Crippen molar-refractivity contribution >= 4 is 23.5 Å². The normalized spacial score (nSPS) is 17.9. The lowest BCUT2D eigenvalue weighted by molar-refractivity contribution is 0.0598. The number of rotatable bonds is 6. The van der Waals surface area contributed by atoms with Gasteiger partial charge in [0.1, 0.15) is 22.6 Å². The summed E-state index contributed by atoms with van der Waals surface area (Å²) in [6.07, 6.45) is 3.10. The summed E-state index contributed by atoms with van der Waals surface area (Å²) in [7, 11) is 1.30. The Balaban J connectivity index is 1.56. The van der Waals surface area contributed by atoms with Gasteiger partial charge in [-0.15, -0.1) is 0 Å². The third-order valence-electron chi connectivity index (χ3n) is 4.90. The van der Waals surface area contributed by atoms with Crippen LogP contribution in [0.15, 0.2) is 30.5 Å². The fourth-order valence-corrected chi connectivity index (χ4v) is 3.37. The minimum Gasteiger partial charge on any atom is -0.488 e. The zero-order chi connectivity index (χ0) is 21.1. The Morgan fingerprint density at radius 2 is 1.97 bits per heavy atom. The minimum atomic E-state index is -0.525. The zero-order valence-corrected chi connectivity index (χ0v) is 17.2. The number of benzene rings is 1. The molecule has 2 fully saturated rings. The molecule has 1 aromatic heterocycles. The fourth-order valence-electron chi connectivity index (χ4n) is 3.16. The number of aromatic nitrogens is 1. The van der Waals surface area contributed by atoms with Crippen LogP contribution in [0.25, 0.3) is 0 Å². The van der Waals surface area contributed by atoms with Gasteiger partial charge in [-0.05, 0) is 24.6 Å². The van der Waals surface area contributed by atoms with Crippen molar-refractivity contribution in [3.63, 3.8) is 0 Å². The maximum absolute atomic E-state index is 12.3. The molecule has 0 aliphatic carbocycles. The summed E-state index contributed by atoms with van der Waals surface area (Å²) in [5.41, 5.74) is 0.672. The van der Waals surface area contributed by atoms with Gasteiger partial charge in [-0.25, -0.2) is 9.78 Å². The van der Waals surface area contributed by atoms with E-state index in [1.807, 2.05) is 0 Å². The van der Waals surface area contributed by atoms with E-state index >= 15 is 0 Å². The highest BCUT2D eigenvalue weighted by molar-refractivity contribution is 6.32. The van der Waals surface area contributed by atoms with E-state index < -0.39 is 5.97 Å². The molecule has 9 heteroatoms. The van der Waals surface area contributed by atoms with Crippen LogP contribution < -0.4 is 9.47 Å². The molecule has 1 amide bonds. The molecule has 2 aromatic rings. The third kappa shape index (κ3) is 4.49. The number of likely N-dealkylation sites (tertiary alicyclic amines) is 1. The molecule has 0 saturated carbocycles. The molecule has 0 N–H and O–H groups in total. The van der Waals surface area contributed by atoms with Gasteiger partial charge in [0.2, 0.25) is 5.88 Å². The molecule has 0 unspecified atom stereocenters. The van der Waals surface area contributed by atoms with E-state index in [-0.39, 0.29) is 28.5 Å². The number of pyridine rings is 1. The molecule has 0 spiro atoms. The van der Waals surface area contributed by atoms with Crippen molar-refractivity contribution in [2.24, 2.45) is 0 Å². The van der Waals surface area contributed by atoms with Gasteiger partial charge >= 0.3 is 5.97 Å². The summed E-state index contributed by atoms with van der Waals surface area (Å²) in [5, 5.41) is 0.191. The van der Waals surface area contributed by atoms with E-state index in [1.165, 1.54) is 25.4 Å². The van der Waals surface area contributed by atoms with Crippen LogP contribution in [0.3, 0.4) is 0 Å². The van der Waals surface area contributed by atoms with E-state index in [2.05, 4.69) is 4.98 Å². The number of halogens is 1. The van der Waals surface area contributed by atoms with E-state index in [1.54, 1.807) is 17.0 Å². The highest BCUT2D eigenvalue weighted by Gasteiger charge is 2.23. The lowest BCUT2D eigenvalue weighted by atomic mass is 10.1. The van der Waals surface area contributed by atoms with E-state index in [4.69, 9.17) is 30.5 Å². The maximum Gasteiger partial charge on any atom is 0.338 e. The van der Waals surface area contributed by atoms with E-state index in [9.17, 15) is 9.59 Å². The molecular formula is C21H21ClN2O6. The van der Waals surface area contributed by atoms with E-state index in [0.717, 1.165) is 25.9 Å². The molecule has 2 saturated heterocycles. The Morgan fingerprint density at radius 3 is 2.60 bits per heavy atom. The van der Waals surface area contributed by atoms with Crippen LogP contribution in [-0.2, 0) is 9.47 Å². The lowest BCUT2D eigenvalue weighted by Crippen LogP contribution is -2.42. The van der Waals surface area contributed by atoms with Crippen LogP contribution in [0.1, 0.15) is 33.6 Å². The van der Waals surface area contributed by atoms with Crippen LogP contribution in [0.5, 0.6) is 17.4 Å². The van der Waals surface area contributed by atoms with Gasteiger partial charge in [0.25, 0.3) is 5.91 Å². The summed E-state index contributed by atoms with van der Waals surface area (Å²) in [5.74, 6) is 0.244. The van der Waals surface area contributed by atoms with Gasteiger partial charge in [-0.3, -0.25) is 4.79 Å². The first kappa shape index (κ1) is 20.4. The lowest BCUT2D eigenvalue weighted by Gasteiger charge is -2.30. The van der Waals surface area contributed by atoms with Crippen molar-refractivity contribution < 1.29 is 28.5 Å². The predicted molar refractivity (Wildman–Crippen MR) is 107 cm³/mol. The number of hydrogen-bond acceptors (Lipinski definition) is 7. The van der Waals surface area contributed by atoms with Crippen LogP contribution in [0, 0.1) is 0 Å². The molecule has 30 heavy (non-hydrogen) atoms. The quantitative estimate of drug-likeness (QED) is 0.647. The van der Waals surface area contributed by atoms with Crippen LogP contribution in [-0.4, -0.2) is 61.3 Å². The SMILES string of the molecule is COC(=O)c1cc(Oc2ncc(C(=O)N3CCC3)cc2Cl)cc(O[C@H]2CCOC2)c1. The first-order chi connectivity index (χ1) is 14.5. The minimum absolute atomic E-state index is 0.0979. The molecular weight excluding hydrogens is 412 g/mol. The molecule has 3 heterocycles. The second-order valence-electron chi connectivity index (χ2n) is 7.05. The first-order valence-electron chi connectivity index (χ1n) is 9.64. The molecule has 1 atom stereocenters. The number of carbonyl (C=O) groups excluding carboxylic acids is 2. The van der Waals surface area contributed by atoms with Crippen molar-refractivity contribution in [2.45, 2.75) is 18.9 Å². The van der Waals surface area contributed by atoms with Gasteiger partial charge in [0, 0.05) is 31.8 Å². The number of methoxy groups -OCH3 is 1. The van der Waals surface area contributed by atoms with Crippen LogP contribution >= 0.6 is 11.6 Å². The third-order valence-corrected chi connectivity index (χ3v) is 5.17. The number of esters is 1. The first-order valence-corrected chi connectivity index (χ1v) is 10.0. The van der Waals surface area contributed by atoms with Gasteiger partial charge in [-0.1, -0.05) is 11.6 Å². The number of ether oxygens (including phenoxy) is 4. The zero-order valence-electron chi connectivity index (χ0n) is 16.4. The average Bonchev–Trinajstić information content (AvgIpc) is 3.20. The Bertz CT molecular complexity index is 957. The molecule has 2 aliphatic rings. The van der Waals surface area contributed by atoms with E-state index in [0.29, 0.717) is 30.3 Å². The number of nitrogens with zero attached hydrogens (tertiary/aromatic N) is 2. The molecule has 2 aliphatic heterocycles. The summed E-state index contributed by atoms with van der Waals surface area (Å²) in [4.78, 5) is 30.3. The number of hydrogen-bond donors (Lipinski definition) is 0. The number of carbonyl (C=O) groups is 2. The summed E-state index contributed by atoms with van der Waals surface area (Å²) in [6.45, 7) is 2.60. The molecule has 0 bridgehead atoms. The van der Waals surface area contributed by atoms with Crippen molar-refractivity contribution in [3.8, 4) is 17.4 Å². The standard InChI is InChI=1S/C21H21ClN2O6/c1-27-21(26)13-7-16(29-15-3-6-28-12-15)10-17(8-13)30-19-18(22)9-14(11-23-19)20(25)24-4-2-5-24/h7-11,15H,2-6,12H2,1H3/t15-/m0/s1. The van der Waals surface area contributed by atoms with Gasteiger partial charge < -0.3 is 23.8 Å². The Labute approximate surface area is 178 Å². The van der Waals surface area contributed by atoms with Crippen molar-refractivity contribution in [1.82, 2.24) is 9.88 Å². The van der Waals surface area contributed by atoms with Crippen LogP contribution in [0.4, 0.5) is 0 Å². The second-order valence-corrected chi connectivity index (χ2v) is 7.45. The Morgan fingerprint density at radius 1 is 1.17 bits per heavy atom. The highest BCUT2D eigenvalue weighted by Crippen LogP contribution is 2.32. The topological polar surface area (TPSA) is 87.2 Å². The van der Waals surface area contributed by atoms with Crippen molar-refractivity contribution in [1.29, 1.82) is 0 Å². The molecule has 0 radical (unpaired) electrons. The summed E-state index contributed by atoms with van der Waals surface area (Å²) >= 11 is 6.30. The second kappa shape index (κ2) is 8.89. The smallest absolute Gasteiger partial charge is 0.338 e. The van der Waals surface area contributed by atoms with Crippen LogP contribution in [0.2, 0.25) is 5.02 Å². The van der Waals surface area contributed by atoms with Gasteiger partial charge in [-0.2, -0.15) is 0 Å². The summed E-state index contributed by atoms with van der Waals surface area (Å²) < 4.78 is 21.8. The maximum atomic E-state index is 12.3. The molecule has 1 aromatic carbocycles. The molecule has 8 nitrogen and oxygen atoms in total. The van der Waals surface area contributed by atoms with Crippen molar-refractivity contribution in [2.75, 3.05) is 33.4 Å². The fraction of sp³-hybridized carbons (Fsp3) is 0.381. The molecule has 158 valence electrons. The average molecular weight is 433 g/mol. The Hall–Kier alpha value is -2.84. The van der Waals surface area contributed by atoms with Gasteiger partial charge in [0.15, 0.2) is 0 Å². The predicted octanol–water partition coefficient (Wildman–Crippen LogP) is 3.33. The van der Waals surface area contributed by atoms with Crippen molar-refractivity contribution in [3.05, 3.63) is 46.6 Å². The monoisotopic (exact) mass is 432 g/mol. The number of amides is 1.